The molecule has 4 nitrogen and oxygen atoms in total. The molecular weight excluding hydrogens is 226 g/mol. The largest absolute Gasteiger partial charge is 0.356 e. The SMILES string of the molecule is CCC(=O)NCCCCCCCc1cnccn1. The number of carbonyl (C=O) groups is 1. The molecule has 0 fully saturated rings. The van der Waals surface area contributed by atoms with Crippen molar-refractivity contribution in [1.82, 2.24) is 15.3 Å². The Balaban J connectivity index is 1.89. The summed E-state index contributed by atoms with van der Waals surface area (Å²) in [5.74, 6) is 0.151. The van der Waals surface area contributed by atoms with Gasteiger partial charge in [-0.05, 0) is 19.3 Å². The molecule has 0 aromatic carbocycles. The van der Waals surface area contributed by atoms with E-state index in [4.69, 9.17) is 0 Å². The summed E-state index contributed by atoms with van der Waals surface area (Å²) in [5, 5.41) is 2.89. The molecule has 0 spiro atoms. The average Bonchev–Trinajstić information content (AvgIpc) is 2.42. The van der Waals surface area contributed by atoms with Crippen molar-refractivity contribution in [1.29, 1.82) is 0 Å². The van der Waals surface area contributed by atoms with E-state index in [1.54, 1.807) is 12.4 Å². The Bertz CT molecular complexity index is 327. The molecule has 18 heavy (non-hydrogen) atoms. The van der Waals surface area contributed by atoms with Crippen molar-refractivity contribution in [3.05, 3.63) is 24.3 Å². The Morgan fingerprint density at radius 3 is 2.67 bits per heavy atom. The molecule has 0 saturated carbocycles. The van der Waals surface area contributed by atoms with E-state index in [0.717, 1.165) is 25.1 Å². The molecule has 0 bridgehead atoms. The predicted octanol–water partition coefficient (Wildman–Crippen LogP) is 2.50. The van der Waals surface area contributed by atoms with Gasteiger partial charge < -0.3 is 5.32 Å². The Hall–Kier alpha value is -1.45. The smallest absolute Gasteiger partial charge is 0.219 e. The van der Waals surface area contributed by atoms with Gasteiger partial charge in [0.05, 0.1) is 5.69 Å². The van der Waals surface area contributed by atoms with Gasteiger partial charge in [-0.2, -0.15) is 0 Å². The second-order valence-electron chi connectivity index (χ2n) is 4.42. The molecule has 0 aliphatic carbocycles. The molecule has 1 heterocycles. The number of aromatic nitrogens is 2. The van der Waals surface area contributed by atoms with Crippen molar-refractivity contribution in [2.24, 2.45) is 0 Å². The number of amides is 1. The molecule has 0 radical (unpaired) electrons. The van der Waals surface area contributed by atoms with Crippen LogP contribution < -0.4 is 5.32 Å². The number of carbonyl (C=O) groups excluding carboxylic acids is 1. The molecule has 4 heteroatoms. The topological polar surface area (TPSA) is 54.9 Å². The number of hydrogen-bond acceptors (Lipinski definition) is 3. The van der Waals surface area contributed by atoms with E-state index in [1.165, 1.54) is 25.7 Å². The number of rotatable bonds is 9. The van der Waals surface area contributed by atoms with E-state index >= 15 is 0 Å². The van der Waals surface area contributed by atoms with Gasteiger partial charge >= 0.3 is 0 Å². The summed E-state index contributed by atoms with van der Waals surface area (Å²) in [6.45, 7) is 2.69. The molecule has 0 atom stereocenters. The summed E-state index contributed by atoms with van der Waals surface area (Å²) in [4.78, 5) is 19.3. The van der Waals surface area contributed by atoms with Crippen LogP contribution in [0.4, 0.5) is 0 Å². The zero-order chi connectivity index (χ0) is 13.1. The maximum atomic E-state index is 11.0. The van der Waals surface area contributed by atoms with Gasteiger partial charge in [0.25, 0.3) is 0 Å². The van der Waals surface area contributed by atoms with Crippen LogP contribution in [-0.2, 0) is 11.2 Å². The van der Waals surface area contributed by atoms with Crippen LogP contribution in [0.2, 0.25) is 0 Å². The molecule has 0 aliphatic heterocycles. The highest BCUT2D eigenvalue weighted by atomic mass is 16.1. The third kappa shape index (κ3) is 6.99. The molecule has 100 valence electrons. The highest BCUT2D eigenvalue weighted by Crippen LogP contribution is 2.06. The molecular formula is C14H23N3O. The summed E-state index contributed by atoms with van der Waals surface area (Å²) >= 11 is 0. The number of aryl methyl sites for hydroxylation is 1. The first-order valence-electron chi connectivity index (χ1n) is 6.84. The lowest BCUT2D eigenvalue weighted by Gasteiger charge is -2.03. The number of hydrogen-bond donors (Lipinski definition) is 1. The van der Waals surface area contributed by atoms with Crippen molar-refractivity contribution in [2.45, 2.75) is 51.9 Å². The zero-order valence-corrected chi connectivity index (χ0v) is 11.2. The molecule has 1 aromatic rings. The first-order chi connectivity index (χ1) is 8.83. The fraction of sp³-hybridized carbons (Fsp3) is 0.643. The highest BCUT2D eigenvalue weighted by Gasteiger charge is 1.96. The fourth-order valence-electron chi connectivity index (χ4n) is 1.77. The van der Waals surface area contributed by atoms with E-state index in [2.05, 4.69) is 15.3 Å². The Morgan fingerprint density at radius 1 is 1.17 bits per heavy atom. The van der Waals surface area contributed by atoms with Gasteiger partial charge in [0, 0.05) is 31.6 Å². The van der Waals surface area contributed by atoms with Crippen LogP contribution in [0, 0.1) is 0 Å². The van der Waals surface area contributed by atoms with Crippen molar-refractivity contribution in [3.8, 4) is 0 Å². The number of nitrogens with one attached hydrogen (secondary N) is 1. The number of unbranched alkanes of at least 4 members (excludes halogenated alkanes) is 4. The molecule has 1 amide bonds. The van der Waals surface area contributed by atoms with Crippen molar-refractivity contribution < 1.29 is 4.79 Å². The van der Waals surface area contributed by atoms with Crippen molar-refractivity contribution >= 4 is 5.91 Å². The monoisotopic (exact) mass is 249 g/mol. The maximum Gasteiger partial charge on any atom is 0.219 e. The van der Waals surface area contributed by atoms with Gasteiger partial charge in [-0.1, -0.05) is 26.2 Å². The van der Waals surface area contributed by atoms with Crippen LogP contribution in [0.25, 0.3) is 0 Å². The van der Waals surface area contributed by atoms with Crippen LogP contribution in [0.5, 0.6) is 0 Å². The molecule has 0 unspecified atom stereocenters. The fourth-order valence-corrected chi connectivity index (χ4v) is 1.77. The first-order valence-corrected chi connectivity index (χ1v) is 6.84. The summed E-state index contributed by atoms with van der Waals surface area (Å²) in [5.41, 5.74) is 1.08. The minimum absolute atomic E-state index is 0.151. The lowest BCUT2D eigenvalue weighted by molar-refractivity contribution is -0.120. The molecule has 1 N–H and O–H groups in total. The van der Waals surface area contributed by atoms with Crippen LogP contribution in [-0.4, -0.2) is 22.4 Å². The zero-order valence-electron chi connectivity index (χ0n) is 11.2. The number of nitrogens with zero attached hydrogens (tertiary/aromatic N) is 2. The second-order valence-corrected chi connectivity index (χ2v) is 4.42. The van der Waals surface area contributed by atoms with E-state index in [1.807, 2.05) is 13.1 Å². The molecule has 0 aliphatic rings. The normalized spacial score (nSPS) is 10.3. The Kier molecular flexibility index (Phi) is 7.77. The Labute approximate surface area is 109 Å². The van der Waals surface area contributed by atoms with Crippen molar-refractivity contribution in [3.63, 3.8) is 0 Å². The highest BCUT2D eigenvalue weighted by molar-refractivity contribution is 5.75. The van der Waals surface area contributed by atoms with Crippen molar-refractivity contribution in [2.75, 3.05) is 6.54 Å². The third-order valence-corrected chi connectivity index (χ3v) is 2.87. The van der Waals surface area contributed by atoms with Crippen LogP contribution in [0.1, 0.15) is 51.1 Å². The first kappa shape index (κ1) is 14.6. The summed E-state index contributed by atoms with van der Waals surface area (Å²) in [6.07, 6.45) is 12.8. The van der Waals surface area contributed by atoms with Gasteiger partial charge in [-0.3, -0.25) is 14.8 Å². The maximum absolute atomic E-state index is 11.0. The van der Waals surface area contributed by atoms with Gasteiger partial charge in [0.15, 0.2) is 0 Å². The van der Waals surface area contributed by atoms with Crippen LogP contribution >= 0.6 is 0 Å². The van der Waals surface area contributed by atoms with Crippen LogP contribution in [0.3, 0.4) is 0 Å². The molecule has 1 aromatic heterocycles. The van der Waals surface area contributed by atoms with E-state index < -0.39 is 0 Å². The quantitative estimate of drug-likeness (QED) is 0.684. The van der Waals surface area contributed by atoms with E-state index in [9.17, 15) is 4.79 Å². The minimum atomic E-state index is 0.151. The summed E-state index contributed by atoms with van der Waals surface area (Å²) in [6, 6.07) is 0. The average molecular weight is 249 g/mol. The third-order valence-electron chi connectivity index (χ3n) is 2.87. The molecule has 0 saturated heterocycles. The van der Waals surface area contributed by atoms with Gasteiger partial charge in [-0.15, -0.1) is 0 Å². The Morgan fingerprint density at radius 2 is 1.94 bits per heavy atom. The molecule has 1 rings (SSSR count). The standard InChI is InChI=1S/C14H23N3O/c1-2-14(18)17-9-7-5-3-4-6-8-13-12-15-10-11-16-13/h10-12H,2-9H2,1H3,(H,17,18). The summed E-state index contributed by atoms with van der Waals surface area (Å²) in [7, 11) is 0. The van der Waals surface area contributed by atoms with Crippen LogP contribution in [0.15, 0.2) is 18.6 Å². The second kappa shape index (κ2) is 9.57. The summed E-state index contributed by atoms with van der Waals surface area (Å²) < 4.78 is 0. The lowest BCUT2D eigenvalue weighted by Crippen LogP contribution is -2.23. The van der Waals surface area contributed by atoms with Gasteiger partial charge in [0.1, 0.15) is 0 Å². The minimum Gasteiger partial charge on any atom is -0.356 e. The van der Waals surface area contributed by atoms with Gasteiger partial charge in [-0.25, -0.2) is 0 Å². The van der Waals surface area contributed by atoms with E-state index in [-0.39, 0.29) is 5.91 Å². The lowest BCUT2D eigenvalue weighted by atomic mass is 10.1. The van der Waals surface area contributed by atoms with Gasteiger partial charge in [0.2, 0.25) is 5.91 Å². The van der Waals surface area contributed by atoms with E-state index in [0.29, 0.717) is 6.42 Å². The predicted molar refractivity (Wildman–Crippen MR) is 72.1 cm³/mol.